The molecule has 1 aromatic heterocycles. The fourth-order valence-corrected chi connectivity index (χ4v) is 2.05. The Morgan fingerprint density at radius 2 is 2.26 bits per heavy atom. The molecule has 1 N–H and O–H groups in total. The lowest BCUT2D eigenvalue weighted by atomic mass is 10.1. The Morgan fingerprint density at radius 1 is 1.32 bits per heavy atom. The van der Waals surface area contributed by atoms with Crippen molar-refractivity contribution in [3.05, 3.63) is 42.1 Å². The fraction of sp³-hybridized carbons (Fsp3) is 0.214. The molecule has 0 radical (unpaired) electrons. The highest BCUT2D eigenvalue weighted by atomic mass is 16.6. The van der Waals surface area contributed by atoms with E-state index in [2.05, 4.69) is 15.5 Å². The molecule has 2 aromatic rings. The summed E-state index contributed by atoms with van der Waals surface area (Å²) in [7, 11) is 0. The first kappa shape index (κ1) is 11.6. The smallest absolute Gasteiger partial charge is 0.252 e. The third kappa shape index (κ3) is 2.40. The second kappa shape index (κ2) is 5.06. The van der Waals surface area contributed by atoms with E-state index in [0.717, 1.165) is 23.0 Å². The van der Waals surface area contributed by atoms with Gasteiger partial charge in [0.25, 0.3) is 5.91 Å². The van der Waals surface area contributed by atoms with Crippen LogP contribution in [0.4, 0.5) is 0 Å². The Labute approximate surface area is 110 Å². The Hall–Kier alpha value is -2.43. The minimum absolute atomic E-state index is 0.117. The molecule has 0 unspecified atom stereocenters. The van der Waals surface area contributed by atoms with Gasteiger partial charge in [0.15, 0.2) is 0 Å². The first-order chi connectivity index (χ1) is 9.34. The average Bonchev–Trinajstić information content (AvgIpc) is 2.97. The van der Waals surface area contributed by atoms with Crippen LogP contribution in [0.25, 0.3) is 10.9 Å². The number of oxime groups is 1. The van der Waals surface area contributed by atoms with Gasteiger partial charge >= 0.3 is 0 Å². The van der Waals surface area contributed by atoms with E-state index in [1.807, 2.05) is 24.3 Å². The van der Waals surface area contributed by atoms with Gasteiger partial charge in [0.05, 0.1) is 17.8 Å². The highest BCUT2D eigenvalue weighted by Gasteiger charge is 2.13. The quantitative estimate of drug-likeness (QED) is 0.908. The number of fused-ring (bicyclic) bond motifs is 1. The van der Waals surface area contributed by atoms with E-state index in [1.165, 1.54) is 0 Å². The molecular weight excluding hydrogens is 242 g/mol. The fourth-order valence-electron chi connectivity index (χ4n) is 2.05. The molecule has 19 heavy (non-hydrogen) atoms. The molecule has 0 aliphatic carbocycles. The van der Waals surface area contributed by atoms with Gasteiger partial charge in [-0.15, -0.1) is 0 Å². The predicted molar refractivity (Wildman–Crippen MR) is 72.1 cm³/mol. The van der Waals surface area contributed by atoms with Crippen molar-refractivity contribution in [2.75, 3.05) is 13.2 Å². The summed E-state index contributed by atoms with van der Waals surface area (Å²) in [4.78, 5) is 21.3. The van der Waals surface area contributed by atoms with Crippen LogP contribution in [0.3, 0.4) is 0 Å². The summed E-state index contributed by atoms with van der Waals surface area (Å²) >= 11 is 0. The molecule has 0 spiro atoms. The summed E-state index contributed by atoms with van der Waals surface area (Å²) in [6.45, 7) is 1.03. The lowest BCUT2D eigenvalue weighted by Crippen LogP contribution is -2.29. The van der Waals surface area contributed by atoms with E-state index >= 15 is 0 Å². The van der Waals surface area contributed by atoms with Crippen LogP contribution in [0.2, 0.25) is 0 Å². The lowest BCUT2D eigenvalue weighted by Gasteiger charge is -2.06. The Morgan fingerprint density at radius 3 is 3.11 bits per heavy atom. The molecule has 96 valence electrons. The number of aromatic nitrogens is 1. The summed E-state index contributed by atoms with van der Waals surface area (Å²) in [5.74, 6) is -0.117. The number of rotatable bonds is 3. The van der Waals surface area contributed by atoms with Gasteiger partial charge in [-0.05, 0) is 18.2 Å². The summed E-state index contributed by atoms with van der Waals surface area (Å²) in [5.41, 5.74) is 2.31. The SMILES string of the molecule is O=C(NCC1=NOCC1)c1cccc2ncccc12. The van der Waals surface area contributed by atoms with E-state index in [9.17, 15) is 4.79 Å². The number of amides is 1. The van der Waals surface area contributed by atoms with Crippen molar-refractivity contribution < 1.29 is 9.63 Å². The van der Waals surface area contributed by atoms with Gasteiger partial charge in [-0.25, -0.2) is 0 Å². The minimum atomic E-state index is -0.117. The number of carbonyl (C=O) groups is 1. The molecule has 1 aliphatic heterocycles. The van der Waals surface area contributed by atoms with Crippen LogP contribution >= 0.6 is 0 Å². The largest absolute Gasteiger partial charge is 0.395 e. The molecule has 0 atom stereocenters. The second-order valence-electron chi connectivity index (χ2n) is 4.30. The van der Waals surface area contributed by atoms with Gasteiger partial charge in [0, 0.05) is 23.6 Å². The molecule has 0 saturated carbocycles. The van der Waals surface area contributed by atoms with Crippen molar-refractivity contribution in [1.29, 1.82) is 0 Å². The van der Waals surface area contributed by atoms with E-state index in [-0.39, 0.29) is 5.91 Å². The van der Waals surface area contributed by atoms with Crippen LogP contribution in [-0.4, -0.2) is 29.8 Å². The zero-order valence-electron chi connectivity index (χ0n) is 10.3. The number of nitrogens with one attached hydrogen (secondary N) is 1. The molecule has 5 nitrogen and oxygen atoms in total. The van der Waals surface area contributed by atoms with E-state index in [0.29, 0.717) is 18.7 Å². The van der Waals surface area contributed by atoms with E-state index in [4.69, 9.17) is 4.84 Å². The lowest BCUT2D eigenvalue weighted by molar-refractivity contribution is 0.0961. The number of carbonyl (C=O) groups excluding carboxylic acids is 1. The summed E-state index contributed by atoms with van der Waals surface area (Å²) in [6.07, 6.45) is 2.49. The predicted octanol–water partition coefficient (Wildman–Crippen LogP) is 1.74. The van der Waals surface area contributed by atoms with Crippen LogP contribution in [0.5, 0.6) is 0 Å². The first-order valence-electron chi connectivity index (χ1n) is 6.14. The second-order valence-corrected chi connectivity index (χ2v) is 4.30. The Balaban J connectivity index is 1.81. The number of pyridine rings is 1. The van der Waals surface area contributed by atoms with Gasteiger partial charge in [-0.2, -0.15) is 0 Å². The third-order valence-electron chi connectivity index (χ3n) is 3.02. The molecule has 0 fully saturated rings. The normalized spacial score (nSPS) is 14.0. The highest BCUT2D eigenvalue weighted by Crippen LogP contribution is 2.16. The topological polar surface area (TPSA) is 63.6 Å². The number of hydrogen-bond donors (Lipinski definition) is 1. The van der Waals surface area contributed by atoms with Gasteiger partial charge in [-0.1, -0.05) is 17.3 Å². The van der Waals surface area contributed by atoms with Crippen LogP contribution in [-0.2, 0) is 4.84 Å². The summed E-state index contributed by atoms with van der Waals surface area (Å²) in [6, 6.07) is 9.25. The monoisotopic (exact) mass is 255 g/mol. The Kier molecular flexibility index (Phi) is 3.10. The van der Waals surface area contributed by atoms with Gasteiger partial charge in [0.2, 0.25) is 0 Å². The molecule has 2 heterocycles. The zero-order chi connectivity index (χ0) is 13.1. The average molecular weight is 255 g/mol. The minimum Gasteiger partial charge on any atom is -0.395 e. The molecule has 1 aromatic carbocycles. The number of hydrogen-bond acceptors (Lipinski definition) is 4. The van der Waals surface area contributed by atoms with Gasteiger partial charge < -0.3 is 10.2 Å². The molecule has 0 bridgehead atoms. The van der Waals surface area contributed by atoms with E-state index in [1.54, 1.807) is 12.3 Å². The van der Waals surface area contributed by atoms with Crippen molar-refractivity contribution >= 4 is 22.5 Å². The third-order valence-corrected chi connectivity index (χ3v) is 3.02. The molecule has 1 amide bonds. The van der Waals surface area contributed by atoms with Crippen molar-refractivity contribution in [2.45, 2.75) is 6.42 Å². The van der Waals surface area contributed by atoms with Crippen LogP contribution in [0, 0.1) is 0 Å². The molecular formula is C14H13N3O2. The molecule has 0 saturated heterocycles. The highest BCUT2D eigenvalue weighted by molar-refractivity contribution is 6.07. The molecule has 3 rings (SSSR count). The van der Waals surface area contributed by atoms with Crippen molar-refractivity contribution in [1.82, 2.24) is 10.3 Å². The summed E-state index contributed by atoms with van der Waals surface area (Å²) < 4.78 is 0. The van der Waals surface area contributed by atoms with Crippen LogP contribution in [0.1, 0.15) is 16.8 Å². The van der Waals surface area contributed by atoms with Crippen LogP contribution in [0.15, 0.2) is 41.7 Å². The molecule has 1 aliphatic rings. The number of benzene rings is 1. The molecule has 5 heteroatoms. The maximum absolute atomic E-state index is 12.2. The van der Waals surface area contributed by atoms with Crippen molar-refractivity contribution in [2.24, 2.45) is 5.16 Å². The van der Waals surface area contributed by atoms with Crippen LogP contribution < -0.4 is 5.32 Å². The van der Waals surface area contributed by atoms with Gasteiger partial charge in [0.1, 0.15) is 6.61 Å². The zero-order valence-corrected chi connectivity index (χ0v) is 10.3. The maximum Gasteiger partial charge on any atom is 0.252 e. The Bertz CT molecular complexity index is 647. The van der Waals surface area contributed by atoms with Crippen molar-refractivity contribution in [3.63, 3.8) is 0 Å². The first-order valence-corrected chi connectivity index (χ1v) is 6.14. The van der Waals surface area contributed by atoms with E-state index < -0.39 is 0 Å². The number of nitrogens with zero attached hydrogens (tertiary/aromatic N) is 2. The maximum atomic E-state index is 12.2. The van der Waals surface area contributed by atoms with Crippen molar-refractivity contribution in [3.8, 4) is 0 Å². The standard InChI is InChI=1S/C14H13N3O2/c18-14(16-9-10-6-8-19-17-10)12-3-1-5-13-11(12)4-2-7-15-13/h1-5,7H,6,8-9H2,(H,16,18). The summed E-state index contributed by atoms with van der Waals surface area (Å²) in [5, 5.41) is 7.56. The van der Waals surface area contributed by atoms with Gasteiger partial charge in [-0.3, -0.25) is 9.78 Å².